The molecule has 1 aromatic carbocycles. The van der Waals surface area contributed by atoms with Gasteiger partial charge in [0.1, 0.15) is 17.9 Å². The highest BCUT2D eigenvalue weighted by Crippen LogP contribution is 2.36. The van der Waals surface area contributed by atoms with Crippen LogP contribution in [0.5, 0.6) is 5.75 Å². The standard InChI is InChI=1S/C19H28NO3/c1-20-12-6-5-10-17(20)15(8-7-13-20)14-23-19(21)16-9-3-4-11-18(16)22-2/h3-4,9,11,15,17H,5-8,10,12-14H2,1-2H3/q+1/t15-,17-,20?/m0/s1. The maximum Gasteiger partial charge on any atom is 0.341 e. The minimum Gasteiger partial charge on any atom is -0.496 e. The van der Waals surface area contributed by atoms with Gasteiger partial charge in [0.2, 0.25) is 0 Å². The monoisotopic (exact) mass is 318 g/mol. The number of fused-ring (bicyclic) bond motifs is 1. The molecule has 2 saturated heterocycles. The molecule has 0 N–H and O–H groups in total. The number of rotatable bonds is 4. The van der Waals surface area contributed by atoms with Gasteiger partial charge in [-0.15, -0.1) is 0 Å². The van der Waals surface area contributed by atoms with Crippen molar-refractivity contribution in [3.63, 3.8) is 0 Å². The van der Waals surface area contributed by atoms with Crippen molar-refractivity contribution in [3.05, 3.63) is 29.8 Å². The summed E-state index contributed by atoms with van der Waals surface area (Å²) in [5.41, 5.74) is 0.520. The van der Waals surface area contributed by atoms with E-state index in [1.54, 1.807) is 19.2 Å². The summed E-state index contributed by atoms with van der Waals surface area (Å²) in [4.78, 5) is 12.4. The lowest BCUT2D eigenvalue weighted by Gasteiger charge is -2.51. The molecular weight excluding hydrogens is 290 g/mol. The Morgan fingerprint density at radius 3 is 2.78 bits per heavy atom. The van der Waals surface area contributed by atoms with Crippen molar-refractivity contribution in [2.45, 2.75) is 38.1 Å². The lowest BCUT2D eigenvalue weighted by atomic mass is 9.82. The first-order chi connectivity index (χ1) is 11.1. The van der Waals surface area contributed by atoms with Crippen LogP contribution in [0.4, 0.5) is 0 Å². The molecule has 0 spiro atoms. The molecule has 2 aliphatic rings. The van der Waals surface area contributed by atoms with E-state index >= 15 is 0 Å². The second-order valence-corrected chi connectivity index (χ2v) is 7.19. The number of nitrogens with zero attached hydrogens (tertiary/aromatic N) is 1. The quantitative estimate of drug-likeness (QED) is 0.631. The summed E-state index contributed by atoms with van der Waals surface area (Å²) in [5.74, 6) is 0.810. The highest BCUT2D eigenvalue weighted by molar-refractivity contribution is 5.92. The van der Waals surface area contributed by atoms with E-state index in [0.29, 0.717) is 29.9 Å². The molecule has 2 heterocycles. The highest BCUT2D eigenvalue weighted by atomic mass is 16.5. The van der Waals surface area contributed by atoms with E-state index in [9.17, 15) is 4.79 Å². The van der Waals surface area contributed by atoms with Gasteiger partial charge in [-0.2, -0.15) is 0 Å². The van der Waals surface area contributed by atoms with Gasteiger partial charge in [0, 0.05) is 12.3 Å². The minimum absolute atomic E-state index is 0.266. The largest absolute Gasteiger partial charge is 0.496 e. The topological polar surface area (TPSA) is 35.5 Å². The molecular formula is C19H28NO3+. The van der Waals surface area contributed by atoms with Crippen LogP contribution in [0.1, 0.15) is 42.5 Å². The van der Waals surface area contributed by atoms with Crippen LogP contribution in [0.25, 0.3) is 0 Å². The Morgan fingerprint density at radius 2 is 1.96 bits per heavy atom. The second-order valence-electron chi connectivity index (χ2n) is 7.19. The van der Waals surface area contributed by atoms with Crippen molar-refractivity contribution in [2.75, 3.05) is 33.9 Å². The number of benzene rings is 1. The van der Waals surface area contributed by atoms with Gasteiger partial charge < -0.3 is 14.0 Å². The Kier molecular flexibility index (Phi) is 4.90. The zero-order valence-electron chi connectivity index (χ0n) is 14.3. The molecule has 1 aromatic rings. The van der Waals surface area contributed by atoms with E-state index in [-0.39, 0.29) is 5.97 Å². The van der Waals surface area contributed by atoms with Crippen LogP contribution in [0.15, 0.2) is 24.3 Å². The summed E-state index contributed by atoms with van der Waals surface area (Å²) in [5, 5.41) is 0. The third kappa shape index (κ3) is 3.37. The molecule has 2 aliphatic heterocycles. The third-order valence-corrected chi connectivity index (χ3v) is 5.76. The summed E-state index contributed by atoms with van der Waals surface area (Å²) in [7, 11) is 3.97. The summed E-state index contributed by atoms with van der Waals surface area (Å²) in [6.45, 7) is 3.10. The summed E-state index contributed by atoms with van der Waals surface area (Å²) >= 11 is 0. The minimum atomic E-state index is -0.266. The number of methoxy groups -OCH3 is 1. The zero-order valence-corrected chi connectivity index (χ0v) is 14.3. The fourth-order valence-corrected chi connectivity index (χ4v) is 4.50. The molecule has 23 heavy (non-hydrogen) atoms. The van der Waals surface area contributed by atoms with Crippen molar-refractivity contribution >= 4 is 5.97 Å². The Morgan fingerprint density at radius 1 is 1.17 bits per heavy atom. The van der Waals surface area contributed by atoms with E-state index in [0.717, 1.165) is 0 Å². The second kappa shape index (κ2) is 6.91. The fourth-order valence-electron chi connectivity index (χ4n) is 4.50. The molecule has 3 atom stereocenters. The third-order valence-electron chi connectivity index (χ3n) is 5.76. The number of carbonyl (C=O) groups is 1. The lowest BCUT2D eigenvalue weighted by Crippen LogP contribution is -2.61. The van der Waals surface area contributed by atoms with Crippen LogP contribution in [-0.4, -0.2) is 50.3 Å². The van der Waals surface area contributed by atoms with Crippen molar-refractivity contribution in [1.82, 2.24) is 0 Å². The van der Waals surface area contributed by atoms with E-state index in [2.05, 4.69) is 7.05 Å². The molecule has 1 unspecified atom stereocenters. The van der Waals surface area contributed by atoms with Gasteiger partial charge in [-0.25, -0.2) is 4.79 Å². The Balaban J connectivity index is 1.64. The average Bonchev–Trinajstić information content (AvgIpc) is 2.58. The van der Waals surface area contributed by atoms with Crippen LogP contribution >= 0.6 is 0 Å². The van der Waals surface area contributed by atoms with Gasteiger partial charge in [-0.05, 0) is 37.8 Å². The fraction of sp³-hybridized carbons (Fsp3) is 0.632. The van der Waals surface area contributed by atoms with Gasteiger partial charge in [0.15, 0.2) is 0 Å². The predicted octanol–water partition coefficient (Wildman–Crippen LogP) is 3.26. The van der Waals surface area contributed by atoms with Crippen molar-refractivity contribution in [2.24, 2.45) is 5.92 Å². The van der Waals surface area contributed by atoms with Crippen molar-refractivity contribution in [1.29, 1.82) is 0 Å². The van der Waals surface area contributed by atoms with E-state index in [4.69, 9.17) is 9.47 Å². The highest BCUT2D eigenvalue weighted by Gasteiger charge is 2.43. The number of para-hydroxylation sites is 1. The van der Waals surface area contributed by atoms with E-state index in [1.807, 2.05) is 12.1 Å². The molecule has 2 fully saturated rings. The number of hydrogen-bond donors (Lipinski definition) is 0. The average molecular weight is 318 g/mol. The molecule has 126 valence electrons. The predicted molar refractivity (Wildman–Crippen MR) is 89.6 cm³/mol. The SMILES string of the molecule is COc1ccccc1C(=O)OC[C@@H]1CCC[N+]2(C)CCCC[C@@H]12. The first kappa shape index (κ1) is 16.3. The summed E-state index contributed by atoms with van der Waals surface area (Å²) in [6.07, 6.45) is 6.34. The molecule has 0 aliphatic carbocycles. The van der Waals surface area contributed by atoms with Crippen LogP contribution in [0.2, 0.25) is 0 Å². The van der Waals surface area contributed by atoms with Gasteiger partial charge in [0.25, 0.3) is 0 Å². The first-order valence-electron chi connectivity index (χ1n) is 8.78. The lowest BCUT2D eigenvalue weighted by molar-refractivity contribution is -0.947. The van der Waals surface area contributed by atoms with Gasteiger partial charge in [0.05, 0.1) is 33.3 Å². The zero-order chi connectivity index (χ0) is 16.3. The molecule has 0 saturated carbocycles. The number of carbonyl (C=O) groups excluding carboxylic acids is 1. The Bertz CT molecular complexity index is 555. The number of piperidine rings is 2. The van der Waals surface area contributed by atoms with Gasteiger partial charge in [-0.3, -0.25) is 0 Å². The van der Waals surface area contributed by atoms with Crippen LogP contribution in [-0.2, 0) is 4.74 Å². The van der Waals surface area contributed by atoms with Crippen molar-refractivity contribution < 1.29 is 18.8 Å². The first-order valence-corrected chi connectivity index (χ1v) is 8.78. The molecule has 0 bridgehead atoms. The number of ether oxygens (including phenoxy) is 2. The molecule has 0 aromatic heterocycles. The van der Waals surface area contributed by atoms with Crippen LogP contribution in [0, 0.1) is 5.92 Å². The van der Waals surface area contributed by atoms with Crippen molar-refractivity contribution in [3.8, 4) is 5.75 Å². The number of hydrogen-bond acceptors (Lipinski definition) is 3. The molecule has 0 radical (unpaired) electrons. The summed E-state index contributed by atoms with van der Waals surface area (Å²) in [6, 6.07) is 7.92. The smallest absolute Gasteiger partial charge is 0.341 e. The molecule has 0 amide bonds. The van der Waals surface area contributed by atoms with Gasteiger partial charge in [-0.1, -0.05) is 12.1 Å². The van der Waals surface area contributed by atoms with Gasteiger partial charge >= 0.3 is 5.97 Å². The maximum absolute atomic E-state index is 12.4. The summed E-state index contributed by atoms with van der Waals surface area (Å²) < 4.78 is 12.1. The Hall–Kier alpha value is -1.55. The molecule has 3 rings (SSSR count). The number of esters is 1. The normalized spacial score (nSPS) is 30.3. The molecule has 4 heteroatoms. The Labute approximate surface area is 139 Å². The van der Waals surface area contributed by atoms with E-state index < -0.39 is 0 Å². The van der Waals surface area contributed by atoms with Crippen LogP contribution < -0.4 is 4.74 Å². The van der Waals surface area contributed by atoms with E-state index in [1.165, 1.54) is 49.7 Å². The number of quaternary nitrogens is 1. The molecule has 4 nitrogen and oxygen atoms in total. The van der Waals surface area contributed by atoms with Crippen LogP contribution in [0.3, 0.4) is 0 Å². The maximum atomic E-state index is 12.4.